The molecule has 0 aliphatic heterocycles. The van der Waals surface area contributed by atoms with Crippen LogP contribution in [0.1, 0.15) is 25.8 Å². The number of hydrogen-bond donors (Lipinski definition) is 1. The maximum Gasteiger partial charge on any atom is 0.234 e. The Morgan fingerprint density at radius 3 is 2.57 bits per heavy atom. The predicted octanol–water partition coefficient (Wildman–Crippen LogP) is 4.31. The van der Waals surface area contributed by atoms with Gasteiger partial charge in [0.15, 0.2) is 17.1 Å². The van der Waals surface area contributed by atoms with Gasteiger partial charge in [-0.2, -0.15) is 0 Å². The van der Waals surface area contributed by atoms with Crippen LogP contribution in [0.4, 0.5) is 10.1 Å². The number of aromatic nitrogens is 3. The maximum absolute atomic E-state index is 13.0. The van der Waals surface area contributed by atoms with Gasteiger partial charge in [-0.15, -0.1) is 10.2 Å². The molecule has 0 radical (unpaired) electrons. The Morgan fingerprint density at radius 1 is 1.18 bits per heavy atom. The molecule has 0 aliphatic carbocycles. The van der Waals surface area contributed by atoms with E-state index in [4.69, 9.17) is 4.74 Å². The topological polar surface area (TPSA) is 69.0 Å². The van der Waals surface area contributed by atoms with Crippen LogP contribution in [0.2, 0.25) is 0 Å². The molecule has 3 aromatic rings. The van der Waals surface area contributed by atoms with Gasteiger partial charge in [0.25, 0.3) is 0 Å². The van der Waals surface area contributed by atoms with Crippen LogP contribution in [0, 0.1) is 5.82 Å². The maximum atomic E-state index is 13.0. The fourth-order valence-corrected chi connectivity index (χ4v) is 3.43. The van der Waals surface area contributed by atoms with Gasteiger partial charge in [-0.3, -0.25) is 4.79 Å². The van der Waals surface area contributed by atoms with Crippen LogP contribution in [0.25, 0.3) is 0 Å². The highest BCUT2D eigenvalue weighted by molar-refractivity contribution is 7.99. The van der Waals surface area contributed by atoms with E-state index in [1.165, 1.54) is 23.9 Å². The van der Waals surface area contributed by atoms with E-state index < -0.39 is 0 Å². The number of para-hydroxylation sites is 1. The molecule has 1 N–H and O–H groups in total. The molecule has 28 heavy (non-hydrogen) atoms. The number of thioether (sulfide) groups is 1. The zero-order valence-corrected chi connectivity index (χ0v) is 16.4. The standard InChI is InChI=1S/C20H21FN4O2S/c1-3-25-19(14(2)27-17-11-9-15(21)10-12-17)23-24-20(25)28-13-18(26)22-16-7-5-4-6-8-16/h4-12,14H,3,13H2,1-2H3,(H,22,26). The minimum Gasteiger partial charge on any atom is -0.483 e. The van der Waals surface area contributed by atoms with E-state index in [0.717, 1.165) is 5.69 Å². The minimum atomic E-state index is -0.370. The molecule has 0 saturated carbocycles. The average molecular weight is 400 g/mol. The van der Waals surface area contributed by atoms with Crippen molar-refractivity contribution in [2.45, 2.75) is 31.7 Å². The molecule has 8 heteroatoms. The normalized spacial score (nSPS) is 11.8. The highest BCUT2D eigenvalue weighted by Crippen LogP contribution is 2.25. The van der Waals surface area contributed by atoms with Crippen LogP contribution in [-0.2, 0) is 11.3 Å². The van der Waals surface area contributed by atoms with Gasteiger partial charge < -0.3 is 14.6 Å². The van der Waals surface area contributed by atoms with Crippen molar-refractivity contribution in [1.29, 1.82) is 0 Å². The van der Waals surface area contributed by atoms with Crippen LogP contribution in [0.3, 0.4) is 0 Å². The van der Waals surface area contributed by atoms with Crippen LogP contribution in [0.15, 0.2) is 59.8 Å². The number of carbonyl (C=O) groups excluding carboxylic acids is 1. The first kappa shape index (κ1) is 19.9. The summed E-state index contributed by atoms with van der Waals surface area (Å²) in [7, 11) is 0. The molecule has 0 spiro atoms. The molecule has 0 aliphatic rings. The fourth-order valence-electron chi connectivity index (χ4n) is 2.62. The van der Waals surface area contributed by atoms with Crippen LogP contribution < -0.4 is 10.1 Å². The molecule has 3 rings (SSSR count). The number of hydrogen-bond acceptors (Lipinski definition) is 5. The van der Waals surface area contributed by atoms with Crippen molar-refractivity contribution in [2.75, 3.05) is 11.1 Å². The number of rotatable bonds is 8. The van der Waals surface area contributed by atoms with E-state index in [9.17, 15) is 9.18 Å². The summed E-state index contributed by atoms with van der Waals surface area (Å²) >= 11 is 1.32. The Hall–Kier alpha value is -2.87. The molecule has 6 nitrogen and oxygen atoms in total. The molecule has 146 valence electrons. The van der Waals surface area contributed by atoms with Crippen molar-refractivity contribution >= 4 is 23.4 Å². The van der Waals surface area contributed by atoms with Crippen LogP contribution >= 0.6 is 11.8 Å². The SMILES string of the molecule is CCn1c(SCC(=O)Nc2ccccc2)nnc1C(C)Oc1ccc(F)cc1. The zero-order chi connectivity index (χ0) is 19.9. The van der Waals surface area contributed by atoms with E-state index in [1.807, 2.05) is 48.7 Å². The summed E-state index contributed by atoms with van der Waals surface area (Å²) in [6.45, 7) is 4.48. The Labute approximate surface area is 167 Å². The van der Waals surface area contributed by atoms with Crippen molar-refractivity contribution in [1.82, 2.24) is 14.8 Å². The van der Waals surface area contributed by atoms with Crippen molar-refractivity contribution in [3.05, 3.63) is 66.2 Å². The van der Waals surface area contributed by atoms with E-state index in [1.54, 1.807) is 12.1 Å². The largest absolute Gasteiger partial charge is 0.483 e. The lowest BCUT2D eigenvalue weighted by Gasteiger charge is -2.15. The molecule has 0 saturated heterocycles. The summed E-state index contributed by atoms with van der Waals surface area (Å²) in [6, 6.07) is 15.1. The summed E-state index contributed by atoms with van der Waals surface area (Å²) in [5.74, 6) is 0.997. The predicted molar refractivity (Wildman–Crippen MR) is 107 cm³/mol. The third-order valence-electron chi connectivity index (χ3n) is 3.94. The second-order valence-electron chi connectivity index (χ2n) is 6.00. The Morgan fingerprint density at radius 2 is 1.89 bits per heavy atom. The highest BCUT2D eigenvalue weighted by Gasteiger charge is 2.19. The molecular weight excluding hydrogens is 379 g/mol. The van der Waals surface area contributed by atoms with Gasteiger partial charge in [0.2, 0.25) is 5.91 Å². The molecule has 0 bridgehead atoms. The molecular formula is C20H21FN4O2S. The number of benzene rings is 2. The number of halogens is 1. The van der Waals surface area contributed by atoms with Crippen molar-refractivity contribution in [2.24, 2.45) is 0 Å². The molecule has 1 aromatic heterocycles. The second-order valence-corrected chi connectivity index (χ2v) is 6.94. The smallest absolute Gasteiger partial charge is 0.234 e. The molecule has 1 amide bonds. The van der Waals surface area contributed by atoms with E-state index >= 15 is 0 Å². The number of nitrogens with one attached hydrogen (secondary N) is 1. The quantitative estimate of drug-likeness (QED) is 0.571. The van der Waals surface area contributed by atoms with Gasteiger partial charge in [-0.25, -0.2) is 4.39 Å². The zero-order valence-electron chi connectivity index (χ0n) is 15.6. The summed E-state index contributed by atoms with van der Waals surface area (Å²) in [4.78, 5) is 12.2. The monoisotopic (exact) mass is 400 g/mol. The Kier molecular flexibility index (Phi) is 6.65. The van der Waals surface area contributed by atoms with Crippen LogP contribution in [0.5, 0.6) is 5.75 Å². The Balaban J connectivity index is 1.62. The molecule has 1 heterocycles. The van der Waals surface area contributed by atoms with Gasteiger partial charge in [0, 0.05) is 12.2 Å². The fraction of sp³-hybridized carbons (Fsp3) is 0.250. The minimum absolute atomic E-state index is 0.112. The Bertz CT molecular complexity index is 916. The third-order valence-corrected chi connectivity index (χ3v) is 4.91. The molecule has 1 atom stereocenters. The first-order valence-electron chi connectivity index (χ1n) is 8.90. The number of anilines is 1. The van der Waals surface area contributed by atoms with Gasteiger partial charge in [0.05, 0.1) is 5.75 Å². The van der Waals surface area contributed by atoms with Crippen LogP contribution in [-0.4, -0.2) is 26.4 Å². The van der Waals surface area contributed by atoms with E-state index in [-0.39, 0.29) is 23.6 Å². The first-order chi connectivity index (χ1) is 13.6. The third kappa shape index (κ3) is 5.10. The van der Waals surface area contributed by atoms with Gasteiger partial charge >= 0.3 is 0 Å². The number of ether oxygens (including phenoxy) is 1. The van der Waals surface area contributed by atoms with E-state index in [2.05, 4.69) is 15.5 Å². The van der Waals surface area contributed by atoms with Gasteiger partial charge in [-0.05, 0) is 50.2 Å². The average Bonchev–Trinajstić information content (AvgIpc) is 3.12. The number of carbonyl (C=O) groups is 1. The van der Waals surface area contributed by atoms with Gasteiger partial charge in [-0.1, -0.05) is 30.0 Å². The van der Waals surface area contributed by atoms with Crippen molar-refractivity contribution in [3.63, 3.8) is 0 Å². The van der Waals surface area contributed by atoms with Crippen molar-refractivity contribution in [3.8, 4) is 5.75 Å². The summed E-state index contributed by atoms with van der Waals surface area (Å²) < 4.78 is 20.8. The summed E-state index contributed by atoms with van der Waals surface area (Å²) in [5, 5.41) is 11.9. The lowest BCUT2D eigenvalue weighted by molar-refractivity contribution is -0.113. The molecule has 1 unspecified atom stereocenters. The summed E-state index contributed by atoms with van der Waals surface area (Å²) in [5.41, 5.74) is 0.757. The number of nitrogens with zero attached hydrogens (tertiary/aromatic N) is 3. The lowest BCUT2D eigenvalue weighted by atomic mass is 10.3. The molecule has 2 aromatic carbocycles. The second kappa shape index (κ2) is 9.36. The number of amides is 1. The van der Waals surface area contributed by atoms with E-state index in [0.29, 0.717) is 23.3 Å². The first-order valence-corrected chi connectivity index (χ1v) is 9.88. The lowest BCUT2D eigenvalue weighted by Crippen LogP contribution is -2.15. The van der Waals surface area contributed by atoms with Gasteiger partial charge in [0.1, 0.15) is 11.6 Å². The van der Waals surface area contributed by atoms with Crippen molar-refractivity contribution < 1.29 is 13.9 Å². The summed E-state index contributed by atoms with van der Waals surface area (Å²) in [6.07, 6.45) is -0.370. The molecule has 0 fully saturated rings. The highest BCUT2D eigenvalue weighted by atomic mass is 32.2.